The first-order valence-electron chi connectivity index (χ1n) is 7.36. The molecule has 0 radical (unpaired) electrons. The Kier molecular flexibility index (Phi) is 5.26. The number of nitrogens with one attached hydrogen (secondary N) is 1. The van der Waals surface area contributed by atoms with Gasteiger partial charge in [0.05, 0.1) is 13.2 Å². The second kappa shape index (κ2) is 6.72. The molecule has 2 fully saturated rings. The van der Waals surface area contributed by atoms with Gasteiger partial charge in [-0.05, 0) is 32.2 Å². The summed E-state index contributed by atoms with van der Waals surface area (Å²) < 4.78 is 5.52. The Bertz CT molecular complexity index is 216. The van der Waals surface area contributed by atoms with Gasteiger partial charge < -0.3 is 10.1 Å². The lowest BCUT2D eigenvalue weighted by atomic mass is 9.97. The molecular formula is C14H28N2O. The Labute approximate surface area is 106 Å². The maximum atomic E-state index is 5.52. The first-order chi connectivity index (χ1) is 8.31. The van der Waals surface area contributed by atoms with Crippen molar-refractivity contribution < 1.29 is 4.74 Å². The Morgan fingerprint density at radius 1 is 1.35 bits per heavy atom. The lowest BCUT2D eigenvalue weighted by Crippen LogP contribution is -2.51. The molecule has 0 aromatic carbocycles. The molecule has 0 aromatic heterocycles. The number of rotatable bonds is 5. The van der Waals surface area contributed by atoms with Gasteiger partial charge in [0.1, 0.15) is 0 Å². The SMILES string of the molecule is CCNC(CN1CCOCC1C)C1CCCC1. The lowest BCUT2D eigenvalue weighted by molar-refractivity contribution is -0.00719. The fourth-order valence-electron chi connectivity index (χ4n) is 3.29. The lowest BCUT2D eigenvalue weighted by Gasteiger charge is -2.37. The fraction of sp³-hybridized carbons (Fsp3) is 1.00. The highest BCUT2D eigenvalue weighted by atomic mass is 16.5. The van der Waals surface area contributed by atoms with Crippen LogP contribution in [0.5, 0.6) is 0 Å². The van der Waals surface area contributed by atoms with E-state index in [1.807, 2.05) is 0 Å². The molecule has 100 valence electrons. The van der Waals surface area contributed by atoms with Crippen molar-refractivity contribution in [2.45, 2.75) is 51.6 Å². The average molecular weight is 240 g/mol. The van der Waals surface area contributed by atoms with E-state index in [2.05, 4.69) is 24.1 Å². The molecule has 3 heteroatoms. The van der Waals surface area contributed by atoms with Crippen molar-refractivity contribution in [2.75, 3.05) is 32.8 Å². The molecule has 1 aliphatic carbocycles. The summed E-state index contributed by atoms with van der Waals surface area (Å²) in [5, 5.41) is 3.71. The van der Waals surface area contributed by atoms with E-state index in [1.54, 1.807) is 0 Å². The van der Waals surface area contributed by atoms with Crippen molar-refractivity contribution >= 4 is 0 Å². The summed E-state index contributed by atoms with van der Waals surface area (Å²) in [6, 6.07) is 1.29. The van der Waals surface area contributed by atoms with E-state index in [1.165, 1.54) is 32.2 Å². The molecule has 0 spiro atoms. The summed E-state index contributed by atoms with van der Waals surface area (Å²) in [5.74, 6) is 0.907. The molecule has 3 nitrogen and oxygen atoms in total. The van der Waals surface area contributed by atoms with Crippen LogP contribution in [0, 0.1) is 5.92 Å². The van der Waals surface area contributed by atoms with Crippen molar-refractivity contribution in [3.8, 4) is 0 Å². The molecule has 0 amide bonds. The molecule has 0 bridgehead atoms. The maximum Gasteiger partial charge on any atom is 0.0619 e. The van der Waals surface area contributed by atoms with Gasteiger partial charge in [0.2, 0.25) is 0 Å². The zero-order valence-corrected chi connectivity index (χ0v) is 11.5. The highest BCUT2D eigenvalue weighted by Gasteiger charge is 2.28. The van der Waals surface area contributed by atoms with Gasteiger partial charge in [-0.2, -0.15) is 0 Å². The predicted octanol–water partition coefficient (Wildman–Crippen LogP) is 1.88. The van der Waals surface area contributed by atoms with Gasteiger partial charge in [-0.3, -0.25) is 4.90 Å². The van der Waals surface area contributed by atoms with Crippen molar-refractivity contribution in [3.05, 3.63) is 0 Å². The number of hydrogen-bond acceptors (Lipinski definition) is 3. The van der Waals surface area contributed by atoms with E-state index in [4.69, 9.17) is 4.74 Å². The normalized spacial score (nSPS) is 29.6. The van der Waals surface area contributed by atoms with E-state index >= 15 is 0 Å². The summed E-state index contributed by atoms with van der Waals surface area (Å²) in [7, 11) is 0. The molecular weight excluding hydrogens is 212 g/mol. The number of ether oxygens (including phenoxy) is 1. The first-order valence-corrected chi connectivity index (χ1v) is 7.36. The van der Waals surface area contributed by atoms with E-state index in [0.29, 0.717) is 12.1 Å². The van der Waals surface area contributed by atoms with E-state index in [0.717, 1.165) is 32.2 Å². The second-order valence-electron chi connectivity index (χ2n) is 5.63. The molecule has 2 aliphatic rings. The molecule has 1 saturated heterocycles. The number of likely N-dealkylation sites (N-methyl/N-ethyl adjacent to an activating group) is 1. The van der Waals surface area contributed by atoms with Gasteiger partial charge in [0.25, 0.3) is 0 Å². The monoisotopic (exact) mass is 240 g/mol. The third-order valence-electron chi connectivity index (χ3n) is 4.37. The minimum absolute atomic E-state index is 0.589. The molecule has 2 atom stereocenters. The van der Waals surface area contributed by atoms with Gasteiger partial charge in [-0.15, -0.1) is 0 Å². The van der Waals surface area contributed by atoms with Crippen LogP contribution in [0.25, 0.3) is 0 Å². The zero-order valence-electron chi connectivity index (χ0n) is 11.5. The van der Waals surface area contributed by atoms with Crippen molar-refractivity contribution in [1.82, 2.24) is 10.2 Å². The highest BCUT2D eigenvalue weighted by Crippen LogP contribution is 2.28. The molecule has 2 rings (SSSR count). The maximum absolute atomic E-state index is 5.52. The minimum Gasteiger partial charge on any atom is -0.379 e. The minimum atomic E-state index is 0.589. The van der Waals surface area contributed by atoms with E-state index in [9.17, 15) is 0 Å². The standard InChI is InChI=1S/C14H28N2O/c1-3-15-14(13-6-4-5-7-13)10-16-8-9-17-11-12(16)2/h12-15H,3-11H2,1-2H3. The van der Waals surface area contributed by atoms with Gasteiger partial charge in [0.15, 0.2) is 0 Å². The summed E-state index contributed by atoms with van der Waals surface area (Å²) in [5.41, 5.74) is 0. The van der Waals surface area contributed by atoms with E-state index < -0.39 is 0 Å². The summed E-state index contributed by atoms with van der Waals surface area (Å²) in [6.45, 7) is 9.75. The van der Waals surface area contributed by atoms with Gasteiger partial charge in [-0.1, -0.05) is 19.8 Å². The Morgan fingerprint density at radius 2 is 2.12 bits per heavy atom. The average Bonchev–Trinajstić information content (AvgIpc) is 2.85. The van der Waals surface area contributed by atoms with Crippen molar-refractivity contribution in [1.29, 1.82) is 0 Å². The number of nitrogens with zero attached hydrogens (tertiary/aromatic N) is 1. The van der Waals surface area contributed by atoms with Gasteiger partial charge >= 0.3 is 0 Å². The molecule has 1 aliphatic heterocycles. The summed E-state index contributed by atoms with van der Waals surface area (Å²) in [4.78, 5) is 2.61. The third-order valence-corrected chi connectivity index (χ3v) is 4.37. The van der Waals surface area contributed by atoms with Crippen LogP contribution in [-0.2, 0) is 4.74 Å². The topological polar surface area (TPSA) is 24.5 Å². The molecule has 1 heterocycles. The predicted molar refractivity (Wildman–Crippen MR) is 71.3 cm³/mol. The molecule has 1 N–H and O–H groups in total. The van der Waals surface area contributed by atoms with Crippen LogP contribution >= 0.6 is 0 Å². The van der Waals surface area contributed by atoms with Crippen molar-refractivity contribution in [2.24, 2.45) is 5.92 Å². The number of hydrogen-bond donors (Lipinski definition) is 1. The molecule has 2 unspecified atom stereocenters. The number of morpholine rings is 1. The zero-order chi connectivity index (χ0) is 12.1. The largest absolute Gasteiger partial charge is 0.379 e. The fourth-order valence-corrected chi connectivity index (χ4v) is 3.29. The van der Waals surface area contributed by atoms with Crippen LogP contribution in [0.15, 0.2) is 0 Å². The van der Waals surface area contributed by atoms with Gasteiger partial charge in [0, 0.05) is 25.2 Å². The Morgan fingerprint density at radius 3 is 2.76 bits per heavy atom. The smallest absolute Gasteiger partial charge is 0.0619 e. The van der Waals surface area contributed by atoms with Crippen LogP contribution in [0.2, 0.25) is 0 Å². The third kappa shape index (κ3) is 3.67. The second-order valence-corrected chi connectivity index (χ2v) is 5.63. The van der Waals surface area contributed by atoms with Crippen molar-refractivity contribution in [3.63, 3.8) is 0 Å². The molecule has 1 saturated carbocycles. The summed E-state index contributed by atoms with van der Waals surface area (Å²) in [6.07, 6.45) is 5.73. The quantitative estimate of drug-likeness (QED) is 0.794. The molecule has 0 aromatic rings. The highest BCUT2D eigenvalue weighted by molar-refractivity contribution is 4.85. The Hall–Kier alpha value is -0.120. The summed E-state index contributed by atoms with van der Waals surface area (Å²) >= 11 is 0. The van der Waals surface area contributed by atoms with Crippen LogP contribution in [0.3, 0.4) is 0 Å². The van der Waals surface area contributed by atoms with E-state index in [-0.39, 0.29) is 0 Å². The van der Waals surface area contributed by atoms with Crippen LogP contribution in [-0.4, -0.2) is 49.8 Å². The van der Waals surface area contributed by atoms with Gasteiger partial charge in [-0.25, -0.2) is 0 Å². The Balaban J connectivity index is 1.86. The molecule has 17 heavy (non-hydrogen) atoms. The van der Waals surface area contributed by atoms with Crippen LogP contribution in [0.1, 0.15) is 39.5 Å². The van der Waals surface area contributed by atoms with Crippen LogP contribution < -0.4 is 5.32 Å². The van der Waals surface area contributed by atoms with Crippen LogP contribution in [0.4, 0.5) is 0 Å². The first kappa shape index (κ1) is 13.3.